The van der Waals surface area contributed by atoms with Gasteiger partial charge in [0.25, 0.3) is 0 Å². The van der Waals surface area contributed by atoms with Gasteiger partial charge in [-0.05, 0) is 29.0 Å². The Morgan fingerprint density at radius 2 is 1.87 bits per heavy atom. The minimum atomic E-state index is 0.498. The molecule has 1 N–H and O–H groups in total. The summed E-state index contributed by atoms with van der Waals surface area (Å²) in [5.74, 6) is 3.23. The van der Waals surface area contributed by atoms with Crippen LogP contribution in [0.4, 0.5) is 0 Å². The van der Waals surface area contributed by atoms with Crippen molar-refractivity contribution in [1.82, 2.24) is 9.97 Å². The molecule has 0 radical (unpaired) electrons. The van der Waals surface area contributed by atoms with E-state index in [1.807, 2.05) is 42.5 Å². The van der Waals surface area contributed by atoms with Crippen LogP contribution in [-0.4, -0.2) is 24.2 Å². The smallest absolute Gasteiger partial charge is 0.205 e. The third-order valence-electron chi connectivity index (χ3n) is 5.21. The number of methoxy groups -OCH3 is 2. The molecule has 4 aromatic rings. The van der Waals surface area contributed by atoms with Crippen molar-refractivity contribution >= 4 is 38.9 Å². The van der Waals surface area contributed by atoms with Crippen LogP contribution in [0.5, 0.6) is 23.1 Å². The van der Waals surface area contributed by atoms with Crippen molar-refractivity contribution in [2.45, 2.75) is 6.42 Å². The Bertz CT molecular complexity index is 1370. The third kappa shape index (κ3) is 3.05. The van der Waals surface area contributed by atoms with Gasteiger partial charge in [-0.3, -0.25) is 0 Å². The molecule has 150 valence electrons. The van der Waals surface area contributed by atoms with Crippen LogP contribution in [0, 0.1) is 4.64 Å². The van der Waals surface area contributed by atoms with E-state index in [0.29, 0.717) is 40.0 Å². The minimum Gasteiger partial charge on any atom is -0.496 e. The van der Waals surface area contributed by atoms with E-state index in [4.69, 9.17) is 31.4 Å². The first-order chi connectivity index (χ1) is 14.6. The molecular formula is C23H17BrN2O3S. The Morgan fingerprint density at radius 3 is 2.67 bits per heavy atom. The van der Waals surface area contributed by atoms with Gasteiger partial charge in [-0.15, -0.1) is 0 Å². The molecule has 0 aliphatic carbocycles. The molecule has 0 spiro atoms. The zero-order valence-electron chi connectivity index (χ0n) is 16.3. The summed E-state index contributed by atoms with van der Waals surface area (Å²) in [5.41, 5.74) is 2.69. The highest BCUT2D eigenvalue weighted by molar-refractivity contribution is 9.10. The quantitative estimate of drug-likeness (QED) is 0.301. The summed E-state index contributed by atoms with van der Waals surface area (Å²) >= 11 is 9.18. The molecule has 1 aromatic heterocycles. The van der Waals surface area contributed by atoms with Gasteiger partial charge >= 0.3 is 0 Å². The van der Waals surface area contributed by atoms with Gasteiger partial charge in [-0.2, -0.15) is 0 Å². The molecule has 0 fully saturated rings. The number of hydrogen-bond donors (Lipinski definition) is 1. The van der Waals surface area contributed by atoms with Gasteiger partial charge in [0, 0.05) is 16.5 Å². The van der Waals surface area contributed by atoms with Crippen LogP contribution in [0.2, 0.25) is 0 Å². The Labute approximate surface area is 186 Å². The first kappa shape index (κ1) is 19.1. The molecule has 0 amide bonds. The van der Waals surface area contributed by atoms with Crippen LogP contribution in [0.3, 0.4) is 0 Å². The average molecular weight is 481 g/mol. The molecule has 30 heavy (non-hydrogen) atoms. The lowest BCUT2D eigenvalue weighted by atomic mass is 10.0. The molecule has 5 rings (SSSR count). The van der Waals surface area contributed by atoms with Crippen molar-refractivity contribution < 1.29 is 14.2 Å². The summed E-state index contributed by atoms with van der Waals surface area (Å²) in [6, 6.07) is 16.0. The topological polar surface area (TPSA) is 56.4 Å². The molecule has 0 unspecified atom stereocenters. The maximum atomic E-state index is 6.23. The third-order valence-corrected chi connectivity index (χ3v) is 6.01. The van der Waals surface area contributed by atoms with E-state index in [0.717, 1.165) is 31.9 Å². The van der Waals surface area contributed by atoms with Crippen LogP contribution in [0.15, 0.2) is 53.0 Å². The first-order valence-corrected chi connectivity index (χ1v) is 10.5. The number of rotatable bonds is 3. The van der Waals surface area contributed by atoms with E-state index in [1.165, 1.54) is 0 Å². The number of ether oxygens (including phenoxy) is 3. The molecule has 2 heterocycles. The lowest BCUT2D eigenvalue weighted by molar-refractivity contribution is 0.365. The number of nitrogens with zero attached hydrogens (tertiary/aromatic N) is 1. The molecule has 0 bridgehead atoms. The van der Waals surface area contributed by atoms with Crippen molar-refractivity contribution in [3.63, 3.8) is 0 Å². The van der Waals surface area contributed by atoms with E-state index in [1.54, 1.807) is 14.2 Å². The Kier molecular flexibility index (Phi) is 4.72. The summed E-state index contributed by atoms with van der Waals surface area (Å²) < 4.78 is 18.8. The highest BCUT2D eigenvalue weighted by Gasteiger charge is 2.25. The lowest BCUT2D eigenvalue weighted by Gasteiger charge is -2.23. The van der Waals surface area contributed by atoms with Gasteiger partial charge in [-0.25, -0.2) is 4.98 Å². The second-order valence-electron chi connectivity index (χ2n) is 6.94. The fourth-order valence-electron chi connectivity index (χ4n) is 3.82. The molecule has 7 heteroatoms. The number of hydrogen-bond acceptors (Lipinski definition) is 5. The van der Waals surface area contributed by atoms with E-state index in [2.05, 4.69) is 27.0 Å². The SMILES string of the molecule is COc1cc(Br)cc2c1Oc1[nH]c(-c3c(OC)ccc4ccccc34)nc(=S)c1C2. The Balaban J connectivity index is 1.72. The minimum absolute atomic E-state index is 0.498. The van der Waals surface area contributed by atoms with Gasteiger partial charge in [0.1, 0.15) is 16.2 Å². The summed E-state index contributed by atoms with van der Waals surface area (Å²) in [6.07, 6.45) is 0.607. The van der Waals surface area contributed by atoms with Gasteiger partial charge in [0.15, 0.2) is 11.5 Å². The van der Waals surface area contributed by atoms with Crippen LogP contribution < -0.4 is 14.2 Å². The molecule has 0 saturated heterocycles. The van der Waals surface area contributed by atoms with Crippen LogP contribution >= 0.6 is 28.1 Å². The molecule has 1 aliphatic heterocycles. The van der Waals surface area contributed by atoms with Gasteiger partial charge in [-0.1, -0.05) is 58.5 Å². The van der Waals surface area contributed by atoms with Crippen molar-refractivity contribution in [3.05, 3.63) is 68.8 Å². The lowest BCUT2D eigenvalue weighted by Crippen LogP contribution is -2.09. The van der Waals surface area contributed by atoms with E-state index >= 15 is 0 Å². The highest BCUT2D eigenvalue weighted by atomic mass is 79.9. The van der Waals surface area contributed by atoms with Crippen molar-refractivity contribution in [2.24, 2.45) is 0 Å². The maximum absolute atomic E-state index is 6.23. The fraction of sp³-hybridized carbons (Fsp3) is 0.130. The normalized spacial score (nSPS) is 12.1. The zero-order chi connectivity index (χ0) is 20.8. The number of aromatic amines is 1. The summed E-state index contributed by atoms with van der Waals surface area (Å²) in [6.45, 7) is 0. The van der Waals surface area contributed by atoms with Crippen molar-refractivity contribution in [1.29, 1.82) is 0 Å². The molecule has 1 aliphatic rings. The highest BCUT2D eigenvalue weighted by Crippen LogP contribution is 2.44. The predicted octanol–water partition coefficient (Wildman–Crippen LogP) is 6.44. The molecule has 3 aromatic carbocycles. The number of nitrogens with one attached hydrogen (secondary N) is 1. The second-order valence-corrected chi connectivity index (χ2v) is 8.24. The number of benzene rings is 3. The fourth-order valence-corrected chi connectivity index (χ4v) is 4.56. The zero-order valence-corrected chi connectivity index (χ0v) is 18.7. The Hall–Kier alpha value is -2.90. The number of H-pyrrole nitrogens is 1. The summed E-state index contributed by atoms with van der Waals surface area (Å²) in [7, 11) is 3.28. The van der Waals surface area contributed by atoms with E-state index in [-0.39, 0.29) is 0 Å². The summed E-state index contributed by atoms with van der Waals surface area (Å²) in [4.78, 5) is 8.06. The standard InChI is InChI=1S/C23H17BrN2O3S/c1-27-17-8-7-12-5-3-4-6-15(12)19(17)21-25-22-16(23(30)26-21)10-13-9-14(24)11-18(28-2)20(13)29-22/h3-9,11H,10H2,1-2H3,(H,25,26,30). The Morgan fingerprint density at radius 1 is 1.07 bits per heavy atom. The number of aromatic nitrogens is 2. The second kappa shape index (κ2) is 7.41. The van der Waals surface area contributed by atoms with Crippen LogP contribution in [-0.2, 0) is 6.42 Å². The summed E-state index contributed by atoms with van der Waals surface area (Å²) in [5, 5.41) is 2.11. The van der Waals surface area contributed by atoms with Crippen LogP contribution in [0.1, 0.15) is 11.1 Å². The number of halogens is 1. The molecule has 0 saturated carbocycles. The van der Waals surface area contributed by atoms with Crippen molar-refractivity contribution in [2.75, 3.05) is 14.2 Å². The van der Waals surface area contributed by atoms with Crippen LogP contribution in [0.25, 0.3) is 22.2 Å². The molecular weight excluding hydrogens is 464 g/mol. The predicted molar refractivity (Wildman–Crippen MR) is 122 cm³/mol. The van der Waals surface area contributed by atoms with E-state index in [9.17, 15) is 0 Å². The van der Waals surface area contributed by atoms with E-state index < -0.39 is 0 Å². The van der Waals surface area contributed by atoms with Gasteiger partial charge in [0.2, 0.25) is 5.88 Å². The number of fused-ring (bicyclic) bond motifs is 3. The van der Waals surface area contributed by atoms with Crippen molar-refractivity contribution in [3.8, 4) is 34.5 Å². The monoisotopic (exact) mass is 480 g/mol. The molecule has 0 atom stereocenters. The van der Waals surface area contributed by atoms with Gasteiger partial charge < -0.3 is 19.2 Å². The largest absolute Gasteiger partial charge is 0.496 e. The van der Waals surface area contributed by atoms with Gasteiger partial charge in [0.05, 0.1) is 25.3 Å². The average Bonchev–Trinajstić information content (AvgIpc) is 2.76. The first-order valence-electron chi connectivity index (χ1n) is 9.32. The molecule has 5 nitrogen and oxygen atoms in total. The maximum Gasteiger partial charge on any atom is 0.205 e.